The Morgan fingerprint density at radius 1 is 1.62 bits per heavy atom. The lowest BCUT2D eigenvalue weighted by molar-refractivity contribution is -0.138. The quantitative estimate of drug-likeness (QED) is 0.855. The Balaban J connectivity index is 1.91. The van der Waals surface area contributed by atoms with Gasteiger partial charge >= 0.3 is 5.97 Å². The van der Waals surface area contributed by atoms with Crippen molar-refractivity contribution in [3.63, 3.8) is 0 Å². The van der Waals surface area contributed by atoms with Crippen LogP contribution in [0.2, 0.25) is 5.02 Å². The van der Waals surface area contributed by atoms with Crippen molar-refractivity contribution in [3.8, 4) is 0 Å². The van der Waals surface area contributed by atoms with Crippen molar-refractivity contribution in [1.29, 1.82) is 0 Å². The van der Waals surface area contributed by atoms with Crippen molar-refractivity contribution in [2.75, 3.05) is 11.9 Å². The fourth-order valence-electron chi connectivity index (χ4n) is 1.65. The molecule has 0 heterocycles. The summed E-state index contributed by atoms with van der Waals surface area (Å²) in [6.45, 7) is 0.466. The lowest BCUT2D eigenvalue weighted by atomic mass is 10.2. The molecule has 3 nitrogen and oxygen atoms in total. The van der Waals surface area contributed by atoms with Gasteiger partial charge in [-0.1, -0.05) is 11.6 Å². The van der Waals surface area contributed by atoms with Gasteiger partial charge in [0.1, 0.15) is 5.82 Å². The predicted octanol–water partition coefficient (Wildman–Crippen LogP) is 2.61. The van der Waals surface area contributed by atoms with Crippen molar-refractivity contribution in [2.24, 2.45) is 11.8 Å². The first-order valence-electron chi connectivity index (χ1n) is 4.99. The number of anilines is 1. The molecule has 1 saturated carbocycles. The fraction of sp³-hybridized carbons (Fsp3) is 0.364. The Morgan fingerprint density at radius 2 is 2.38 bits per heavy atom. The Labute approximate surface area is 97.2 Å². The molecule has 0 spiro atoms. The molecule has 2 rings (SSSR count). The molecule has 86 valence electrons. The van der Waals surface area contributed by atoms with E-state index in [1.807, 2.05) is 0 Å². The third-order valence-electron chi connectivity index (χ3n) is 2.72. The lowest BCUT2D eigenvalue weighted by Gasteiger charge is -2.06. The minimum Gasteiger partial charge on any atom is -0.481 e. The highest BCUT2D eigenvalue weighted by atomic mass is 35.5. The number of hydrogen-bond acceptors (Lipinski definition) is 2. The third kappa shape index (κ3) is 2.44. The summed E-state index contributed by atoms with van der Waals surface area (Å²) in [6, 6.07) is 4.25. The number of halogens is 2. The van der Waals surface area contributed by atoms with Gasteiger partial charge in [0.15, 0.2) is 0 Å². The predicted molar refractivity (Wildman–Crippen MR) is 59.1 cm³/mol. The van der Waals surface area contributed by atoms with Gasteiger partial charge in [-0.3, -0.25) is 4.79 Å². The number of nitrogens with one attached hydrogen (secondary N) is 1. The molecule has 0 aliphatic heterocycles. The Hall–Kier alpha value is -1.29. The van der Waals surface area contributed by atoms with E-state index >= 15 is 0 Å². The van der Waals surface area contributed by atoms with Crippen LogP contribution >= 0.6 is 11.6 Å². The molecule has 5 heteroatoms. The smallest absolute Gasteiger partial charge is 0.306 e. The SMILES string of the molecule is O=C(O)C1CC1CNc1cc(Cl)ccc1F. The van der Waals surface area contributed by atoms with E-state index in [0.717, 1.165) is 0 Å². The maximum atomic E-state index is 13.3. The second-order valence-electron chi connectivity index (χ2n) is 3.95. The summed E-state index contributed by atoms with van der Waals surface area (Å²) in [6.07, 6.45) is 0.657. The van der Waals surface area contributed by atoms with Crippen LogP contribution in [-0.2, 0) is 4.79 Å². The first-order chi connectivity index (χ1) is 7.58. The normalized spacial score (nSPS) is 22.9. The van der Waals surface area contributed by atoms with Crippen LogP contribution in [0, 0.1) is 17.7 Å². The van der Waals surface area contributed by atoms with Gasteiger partial charge in [-0.2, -0.15) is 0 Å². The topological polar surface area (TPSA) is 49.3 Å². The van der Waals surface area contributed by atoms with E-state index in [1.54, 1.807) is 0 Å². The monoisotopic (exact) mass is 243 g/mol. The van der Waals surface area contributed by atoms with Crippen LogP contribution in [0.5, 0.6) is 0 Å². The van der Waals surface area contributed by atoms with Crippen molar-refractivity contribution in [1.82, 2.24) is 0 Å². The van der Waals surface area contributed by atoms with Crippen LogP contribution in [0.25, 0.3) is 0 Å². The van der Waals surface area contributed by atoms with Gasteiger partial charge in [0.25, 0.3) is 0 Å². The van der Waals surface area contributed by atoms with E-state index in [1.165, 1.54) is 18.2 Å². The summed E-state index contributed by atoms with van der Waals surface area (Å²) >= 11 is 5.73. The van der Waals surface area contributed by atoms with Crippen molar-refractivity contribution >= 4 is 23.3 Å². The highest BCUT2D eigenvalue weighted by Gasteiger charge is 2.42. The zero-order chi connectivity index (χ0) is 11.7. The number of carboxylic acids is 1. The summed E-state index contributed by atoms with van der Waals surface area (Å²) < 4.78 is 13.3. The second-order valence-corrected chi connectivity index (χ2v) is 4.38. The van der Waals surface area contributed by atoms with Gasteiger partial charge in [0.05, 0.1) is 11.6 Å². The Bertz CT molecular complexity index is 424. The van der Waals surface area contributed by atoms with Crippen molar-refractivity contribution < 1.29 is 14.3 Å². The summed E-state index contributed by atoms with van der Waals surface area (Å²) in [5.74, 6) is -1.35. The number of aliphatic carboxylic acids is 1. The van der Waals surface area contributed by atoms with Gasteiger partial charge in [0.2, 0.25) is 0 Å². The van der Waals surface area contributed by atoms with E-state index in [2.05, 4.69) is 5.32 Å². The molecule has 0 aromatic heterocycles. The number of rotatable bonds is 4. The van der Waals surface area contributed by atoms with Gasteiger partial charge < -0.3 is 10.4 Å². The molecule has 0 saturated heterocycles. The zero-order valence-corrected chi connectivity index (χ0v) is 9.17. The van der Waals surface area contributed by atoms with Crippen LogP contribution in [0.1, 0.15) is 6.42 Å². The molecule has 1 aromatic carbocycles. The number of carbonyl (C=O) groups is 1. The molecule has 0 radical (unpaired) electrons. The highest BCUT2D eigenvalue weighted by molar-refractivity contribution is 6.30. The summed E-state index contributed by atoms with van der Waals surface area (Å²) in [4.78, 5) is 10.6. The minimum absolute atomic E-state index is 0.0934. The largest absolute Gasteiger partial charge is 0.481 e. The number of carboxylic acid groups (broad SMARTS) is 1. The van der Waals surface area contributed by atoms with Crippen LogP contribution in [-0.4, -0.2) is 17.6 Å². The molecule has 2 atom stereocenters. The van der Waals surface area contributed by atoms with Gasteiger partial charge in [-0.15, -0.1) is 0 Å². The molecular weight excluding hydrogens is 233 g/mol. The first-order valence-corrected chi connectivity index (χ1v) is 5.37. The molecule has 0 bridgehead atoms. The summed E-state index contributed by atoms with van der Waals surface area (Å²) in [5, 5.41) is 12.0. The minimum atomic E-state index is -0.779. The molecule has 0 amide bonds. The Morgan fingerprint density at radius 3 is 3.00 bits per heavy atom. The third-order valence-corrected chi connectivity index (χ3v) is 2.96. The molecule has 1 aliphatic carbocycles. The van der Waals surface area contributed by atoms with E-state index < -0.39 is 5.97 Å². The van der Waals surface area contributed by atoms with Crippen molar-refractivity contribution in [2.45, 2.75) is 6.42 Å². The molecular formula is C11H11ClFNO2. The van der Waals surface area contributed by atoms with Crippen LogP contribution < -0.4 is 5.32 Å². The van der Waals surface area contributed by atoms with Crippen LogP contribution in [0.3, 0.4) is 0 Å². The van der Waals surface area contributed by atoms with Gasteiger partial charge in [-0.05, 0) is 30.5 Å². The molecule has 1 aromatic rings. The Kier molecular flexibility index (Phi) is 3.01. The maximum absolute atomic E-state index is 13.3. The van der Waals surface area contributed by atoms with E-state index in [-0.39, 0.29) is 17.7 Å². The summed E-state index contributed by atoms with van der Waals surface area (Å²) in [5.41, 5.74) is 0.323. The number of hydrogen-bond donors (Lipinski definition) is 2. The van der Waals surface area contributed by atoms with Crippen LogP contribution in [0.15, 0.2) is 18.2 Å². The maximum Gasteiger partial charge on any atom is 0.306 e. The van der Waals surface area contributed by atoms with Gasteiger partial charge in [-0.25, -0.2) is 4.39 Å². The standard InChI is InChI=1S/C11H11ClFNO2/c12-7-1-2-9(13)10(4-7)14-5-6-3-8(6)11(15)16/h1-2,4,6,8,14H,3,5H2,(H,15,16). The molecule has 2 N–H and O–H groups in total. The lowest BCUT2D eigenvalue weighted by Crippen LogP contribution is -2.09. The fourth-order valence-corrected chi connectivity index (χ4v) is 1.82. The molecule has 16 heavy (non-hydrogen) atoms. The van der Waals surface area contributed by atoms with Crippen molar-refractivity contribution in [3.05, 3.63) is 29.0 Å². The molecule has 2 unspecified atom stereocenters. The van der Waals surface area contributed by atoms with E-state index in [4.69, 9.17) is 16.7 Å². The first kappa shape index (κ1) is 11.2. The zero-order valence-electron chi connectivity index (χ0n) is 8.41. The average molecular weight is 244 g/mol. The molecule has 1 aliphatic rings. The van der Waals surface area contributed by atoms with Gasteiger partial charge in [0, 0.05) is 11.6 Å². The van der Waals surface area contributed by atoms with E-state index in [9.17, 15) is 9.18 Å². The van der Waals surface area contributed by atoms with Crippen LogP contribution in [0.4, 0.5) is 10.1 Å². The number of benzene rings is 1. The summed E-state index contributed by atoms with van der Waals surface area (Å²) in [7, 11) is 0. The van der Waals surface area contributed by atoms with E-state index in [0.29, 0.717) is 23.7 Å². The molecule has 1 fully saturated rings. The average Bonchev–Trinajstić information content (AvgIpc) is 2.99. The highest BCUT2D eigenvalue weighted by Crippen LogP contribution is 2.38. The second kappa shape index (κ2) is 4.29.